The molecule has 0 saturated carbocycles. The topological polar surface area (TPSA) is 66.4 Å². The molecule has 0 unspecified atom stereocenters. The molecule has 0 aliphatic rings. The highest BCUT2D eigenvalue weighted by Gasteiger charge is 2.11. The normalized spacial score (nSPS) is 11.2. The molecule has 0 atom stereocenters. The van der Waals surface area contributed by atoms with Crippen molar-refractivity contribution in [2.45, 2.75) is 27.3 Å². The molecule has 1 amide bonds. The largest absolute Gasteiger partial charge is 0.326 e. The van der Waals surface area contributed by atoms with Crippen LogP contribution in [0.25, 0.3) is 0 Å². The molecule has 0 spiro atoms. The van der Waals surface area contributed by atoms with Crippen LogP contribution in [0.3, 0.4) is 0 Å². The van der Waals surface area contributed by atoms with Gasteiger partial charge in [-0.15, -0.1) is 0 Å². The first-order chi connectivity index (χ1) is 13.9. The zero-order chi connectivity index (χ0) is 20.8. The van der Waals surface area contributed by atoms with E-state index in [1.165, 1.54) is 0 Å². The Hall–Kier alpha value is -3.18. The number of carbonyl (C=O) groups is 1. The lowest BCUT2D eigenvalue weighted by molar-refractivity contribution is 0.0977. The van der Waals surface area contributed by atoms with Crippen molar-refractivity contribution in [1.29, 1.82) is 0 Å². The van der Waals surface area contributed by atoms with E-state index in [-0.39, 0.29) is 5.91 Å². The number of aryl methyl sites for hydroxylation is 3. The van der Waals surface area contributed by atoms with Crippen LogP contribution in [-0.4, -0.2) is 16.9 Å². The van der Waals surface area contributed by atoms with Crippen molar-refractivity contribution in [1.82, 2.24) is 10.3 Å². The number of nitrogens with one attached hydrogen (secondary N) is 2. The third-order valence-corrected chi connectivity index (χ3v) is 4.81. The average molecular weight is 407 g/mol. The second kappa shape index (κ2) is 9.34. The van der Waals surface area contributed by atoms with Gasteiger partial charge >= 0.3 is 0 Å². The number of nitrogens with zero attached hydrogens (tertiary/aromatic N) is 2. The number of pyridine rings is 1. The van der Waals surface area contributed by atoms with Crippen LogP contribution >= 0.6 is 11.6 Å². The number of aliphatic imine (C=N–C) groups is 1. The molecule has 6 heteroatoms. The molecule has 0 fully saturated rings. The van der Waals surface area contributed by atoms with E-state index < -0.39 is 0 Å². The summed E-state index contributed by atoms with van der Waals surface area (Å²) in [6.45, 7) is 6.28. The van der Waals surface area contributed by atoms with E-state index in [0.29, 0.717) is 23.1 Å². The summed E-state index contributed by atoms with van der Waals surface area (Å²) in [6, 6.07) is 16.8. The van der Waals surface area contributed by atoms with Gasteiger partial charge in [-0.2, -0.15) is 0 Å². The molecular weight excluding hydrogens is 384 g/mol. The minimum atomic E-state index is -0.236. The summed E-state index contributed by atoms with van der Waals surface area (Å²) in [5.41, 5.74) is 5.33. The molecule has 29 heavy (non-hydrogen) atoms. The molecule has 0 aliphatic heterocycles. The van der Waals surface area contributed by atoms with Crippen molar-refractivity contribution in [2.75, 3.05) is 5.32 Å². The third-order valence-electron chi connectivity index (χ3n) is 4.58. The monoisotopic (exact) mass is 406 g/mol. The highest BCUT2D eigenvalue weighted by Crippen LogP contribution is 2.20. The van der Waals surface area contributed by atoms with Crippen molar-refractivity contribution in [2.24, 2.45) is 4.99 Å². The Morgan fingerprint density at radius 3 is 2.52 bits per heavy atom. The first-order valence-corrected chi connectivity index (χ1v) is 9.66. The second-order valence-electron chi connectivity index (χ2n) is 6.82. The maximum Gasteiger partial charge on any atom is 0.257 e. The third kappa shape index (κ3) is 5.65. The van der Waals surface area contributed by atoms with Gasteiger partial charge in [-0.05, 0) is 73.9 Å². The van der Waals surface area contributed by atoms with E-state index in [1.807, 2.05) is 63.2 Å². The molecule has 1 aromatic heterocycles. The second-order valence-corrected chi connectivity index (χ2v) is 7.26. The summed E-state index contributed by atoms with van der Waals surface area (Å²) in [5, 5.41) is 6.67. The quantitative estimate of drug-likeness (QED) is 0.470. The smallest absolute Gasteiger partial charge is 0.257 e. The highest BCUT2D eigenvalue weighted by molar-refractivity contribution is 6.31. The van der Waals surface area contributed by atoms with E-state index in [9.17, 15) is 4.79 Å². The maximum atomic E-state index is 12.8. The van der Waals surface area contributed by atoms with Crippen molar-refractivity contribution in [3.8, 4) is 0 Å². The van der Waals surface area contributed by atoms with Crippen LogP contribution in [0.1, 0.15) is 32.7 Å². The Morgan fingerprint density at radius 2 is 1.79 bits per heavy atom. The Kier molecular flexibility index (Phi) is 6.62. The number of hydrogen-bond acceptors (Lipinski definition) is 3. The number of aromatic nitrogens is 1. The van der Waals surface area contributed by atoms with Crippen molar-refractivity contribution in [3.05, 3.63) is 93.8 Å². The minimum Gasteiger partial charge on any atom is -0.326 e. The molecule has 2 aromatic carbocycles. The summed E-state index contributed by atoms with van der Waals surface area (Å²) in [5.74, 6) is 0.101. The molecule has 0 saturated heterocycles. The number of anilines is 1. The molecule has 3 rings (SSSR count). The SMILES string of the molecule is Cc1ccc(C(=O)NC(=NCc2ccccn2)Nc2cc(Cl)ccc2C)cc1C. The zero-order valence-corrected chi connectivity index (χ0v) is 17.4. The van der Waals surface area contributed by atoms with Crippen LogP contribution in [0.4, 0.5) is 5.69 Å². The fourth-order valence-electron chi connectivity index (χ4n) is 2.68. The fraction of sp³-hybridized carbons (Fsp3) is 0.174. The predicted octanol–water partition coefficient (Wildman–Crippen LogP) is 5.06. The molecule has 0 bridgehead atoms. The van der Waals surface area contributed by atoms with Gasteiger partial charge in [-0.3, -0.25) is 15.1 Å². The average Bonchev–Trinajstić information content (AvgIpc) is 2.71. The molecule has 3 aromatic rings. The first kappa shape index (κ1) is 20.6. The van der Waals surface area contributed by atoms with Crippen LogP contribution in [0.2, 0.25) is 5.02 Å². The van der Waals surface area contributed by atoms with Crippen molar-refractivity contribution >= 4 is 29.2 Å². The van der Waals surface area contributed by atoms with Crippen LogP contribution in [-0.2, 0) is 6.54 Å². The van der Waals surface area contributed by atoms with Gasteiger partial charge in [-0.25, -0.2) is 4.99 Å². The van der Waals surface area contributed by atoms with Crippen LogP contribution in [0, 0.1) is 20.8 Å². The van der Waals surface area contributed by atoms with E-state index in [4.69, 9.17) is 11.6 Å². The fourth-order valence-corrected chi connectivity index (χ4v) is 2.85. The van der Waals surface area contributed by atoms with Crippen LogP contribution < -0.4 is 10.6 Å². The number of hydrogen-bond donors (Lipinski definition) is 2. The lowest BCUT2D eigenvalue weighted by atomic mass is 10.1. The lowest BCUT2D eigenvalue weighted by Gasteiger charge is -2.14. The van der Waals surface area contributed by atoms with Crippen molar-refractivity contribution < 1.29 is 4.79 Å². The minimum absolute atomic E-state index is 0.236. The Morgan fingerprint density at radius 1 is 1.00 bits per heavy atom. The summed E-state index contributed by atoms with van der Waals surface area (Å²) in [4.78, 5) is 21.6. The first-order valence-electron chi connectivity index (χ1n) is 9.28. The Balaban J connectivity index is 1.86. The van der Waals surface area contributed by atoms with Gasteiger partial charge in [0, 0.05) is 22.5 Å². The number of carbonyl (C=O) groups excluding carboxylic acids is 1. The summed E-state index contributed by atoms with van der Waals surface area (Å²) < 4.78 is 0. The standard InChI is InChI=1S/C23H23ClN4O/c1-15-7-9-18(12-17(15)3)22(29)28-23(26-14-20-6-4-5-11-25-20)27-21-13-19(24)10-8-16(21)2/h4-13H,14H2,1-3H3,(H2,26,27,28,29). The number of guanidine groups is 1. The number of halogens is 1. The van der Waals surface area contributed by atoms with E-state index >= 15 is 0 Å². The van der Waals surface area contributed by atoms with Crippen LogP contribution in [0.15, 0.2) is 65.8 Å². The van der Waals surface area contributed by atoms with Gasteiger partial charge in [0.1, 0.15) is 0 Å². The number of amides is 1. The molecule has 0 aliphatic carbocycles. The lowest BCUT2D eigenvalue weighted by Crippen LogP contribution is -2.36. The van der Waals surface area contributed by atoms with E-state index in [2.05, 4.69) is 20.6 Å². The maximum absolute atomic E-state index is 12.8. The molecule has 5 nitrogen and oxygen atoms in total. The van der Waals surface area contributed by atoms with Gasteiger partial charge < -0.3 is 5.32 Å². The molecule has 1 heterocycles. The molecular formula is C23H23ClN4O. The highest BCUT2D eigenvalue weighted by atomic mass is 35.5. The van der Waals surface area contributed by atoms with Gasteiger partial charge in [0.05, 0.1) is 12.2 Å². The van der Waals surface area contributed by atoms with Gasteiger partial charge in [0.25, 0.3) is 5.91 Å². The molecule has 148 valence electrons. The summed E-state index contributed by atoms with van der Waals surface area (Å²) in [7, 11) is 0. The predicted molar refractivity (Wildman–Crippen MR) is 119 cm³/mol. The number of rotatable bonds is 4. The van der Waals surface area contributed by atoms with Gasteiger partial charge in [0.15, 0.2) is 0 Å². The molecule has 2 N–H and O–H groups in total. The van der Waals surface area contributed by atoms with E-state index in [1.54, 1.807) is 18.3 Å². The Bertz CT molecular complexity index is 1050. The number of benzene rings is 2. The molecule has 0 radical (unpaired) electrons. The van der Waals surface area contributed by atoms with E-state index in [0.717, 1.165) is 28.1 Å². The van der Waals surface area contributed by atoms with Gasteiger partial charge in [-0.1, -0.05) is 29.8 Å². The summed E-state index contributed by atoms with van der Waals surface area (Å²) in [6.07, 6.45) is 1.72. The van der Waals surface area contributed by atoms with Crippen molar-refractivity contribution in [3.63, 3.8) is 0 Å². The van der Waals surface area contributed by atoms with Crippen LogP contribution in [0.5, 0.6) is 0 Å². The van der Waals surface area contributed by atoms with Gasteiger partial charge in [0.2, 0.25) is 5.96 Å². The summed E-state index contributed by atoms with van der Waals surface area (Å²) >= 11 is 6.13. The Labute approximate surface area is 175 Å². The zero-order valence-electron chi connectivity index (χ0n) is 16.7.